The molecule has 1 saturated heterocycles. The summed E-state index contributed by atoms with van der Waals surface area (Å²) in [6, 6.07) is -1.10. The van der Waals surface area contributed by atoms with Gasteiger partial charge in [-0.15, -0.1) is 0 Å². The van der Waals surface area contributed by atoms with Crippen molar-refractivity contribution < 1.29 is 27.9 Å². The molecule has 0 aromatic heterocycles. The number of allylic oxidation sites excluding steroid dienone is 8. The van der Waals surface area contributed by atoms with E-state index in [1.54, 1.807) is 0 Å². The molecule has 2 aliphatic heterocycles. The summed E-state index contributed by atoms with van der Waals surface area (Å²) in [5.74, 6) is -1.16. The van der Waals surface area contributed by atoms with E-state index in [0.717, 1.165) is 54.1 Å². The zero-order valence-corrected chi connectivity index (χ0v) is 23.7. The highest BCUT2D eigenvalue weighted by Crippen LogP contribution is 2.45. The van der Waals surface area contributed by atoms with Gasteiger partial charge in [0.15, 0.2) is 0 Å². The van der Waals surface area contributed by atoms with Crippen LogP contribution in [-0.4, -0.2) is 96.3 Å². The minimum absolute atomic E-state index is 0.104. The Kier molecular flexibility index (Phi) is 11.7. The minimum atomic E-state index is -4.44. The molecule has 0 aromatic rings. The van der Waals surface area contributed by atoms with Crippen molar-refractivity contribution in [3.05, 3.63) is 69.3 Å². The number of hydrogen-bond acceptors (Lipinski definition) is 7. The van der Waals surface area contributed by atoms with Crippen molar-refractivity contribution in [3.63, 3.8) is 0 Å². The maximum Gasteiger partial charge on any atom is 0.416 e. The maximum atomic E-state index is 13.7. The fourth-order valence-corrected chi connectivity index (χ4v) is 5.77. The van der Waals surface area contributed by atoms with Gasteiger partial charge in [-0.1, -0.05) is 36.1 Å². The van der Waals surface area contributed by atoms with Gasteiger partial charge in [0.1, 0.15) is 6.04 Å². The molecular formula is C28H38F3N5O3S. The minimum Gasteiger partial charge on any atom is -0.394 e. The van der Waals surface area contributed by atoms with Crippen LogP contribution in [0.5, 0.6) is 0 Å². The van der Waals surface area contributed by atoms with Crippen LogP contribution in [0, 0.1) is 0 Å². The van der Waals surface area contributed by atoms with Gasteiger partial charge >= 0.3 is 6.18 Å². The Morgan fingerprint density at radius 3 is 2.40 bits per heavy atom. The van der Waals surface area contributed by atoms with Crippen LogP contribution in [0.3, 0.4) is 0 Å². The number of hydrogen-bond donors (Lipinski definition) is 3. The lowest BCUT2D eigenvalue weighted by Crippen LogP contribution is -2.53. The van der Waals surface area contributed by atoms with Crippen molar-refractivity contribution in [1.82, 2.24) is 20.0 Å². The van der Waals surface area contributed by atoms with Crippen molar-refractivity contribution >= 4 is 23.6 Å². The van der Waals surface area contributed by atoms with E-state index in [1.807, 2.05) is 41.0 Å². The third kappa shape index (κ3) is 8.60. The number of halogens is 3. The topological polar surface area (TPSA) is 102 Å². The standard InChI is InChI=1S/C28H38F3N5O3S/c1-3-20(28(29,30)31)17-23-24(4-2)40-25-10-7-5-6-9-22(25)36(23)12-8-11-34-13-15-35(16-14-34)18-26(38)33-21(19-37)27(32)39/h3-4,6-7,9-10,17,21,37H,5,8,11-16,18-19H2,1-2H3,(H2,32,39)(H,33,38)/b20-3+,23-17+,24-4?. The zero-order chi connectivity index (χ0) is 29.3. The van der Waals surface area contributed by atoms with Crippen molar-refractivity contribution in [3.8, 4) is 0 Å². The summed E-state index contributed by atoms with van der Waals surface area (Å²) in [5, 5.41) is 11.6. The van der Waals surface area contributed by atoms with E-state index in [1.165, 1.54) is 24.8 Å². The van der Waals surface area contributed by atoms with Gasteiger partial charge in [0.25, 0.3) is 0 Å². The number of primary amides is 1. The van der Waals surface area contributed by atoms with Crippen LogP contribution < -0.4 is 11.1 Å². The summed E-state index contributed by atoms with van der Waals surface area (Å²) in [7, 11) is 0. The lowest BCUT2D eigenvalue weighted by molar-refractivity contribution is -0.129. The summed E-state index contributed by atoms with van der Waals surface area (Å²) in [4.78, 5) is 31.5. The first-order valence-corrected chi connectivity index (χ1v) is 14.2. The number of carbonyl (C=O) groups excluding carboxylic acids is 2. The number of alkyl halides is 3. The summed E-state index contributed by atoms with van der Waals surface area (Å²) in [5.41, 5.74) is 5.93. The molecule has 0 bridgehead atoms. The van der Waals surface area contributed by atoms with Crippen LogP contribution in [0.15, 0.2) is 69.3 Å². The fraction of sp³-hybridized carbons (Fsp3) is 0.500. The molecule has 0 saturated carbocycles. The Morgan fingerprint density at radius 2 is 1.80 bits per heavy atom. The van der Waals surface area contributed by atoms with Gasteiger partial charge in [0.2, 0.25) is 11.8 Å². The molecule has 1 atom stereocenters. The molecule has 0 spiro atoms. The predicted octanol–water partition coefficient (Wildman–Crippen LogP) is 3.03. The normalized spacial score (nSPS) is 22.1. The smallest absolute Gasteiger partial charge is 0.394 e. The Balaban J connectivity index is 1.65. The third-order valence-electron chi connectivity index (χ3n) is 6.87. The Hall–Kier alpha value is -2.80. The van der Waals surface area contributed by atoms with Gasteiger partial charge < -0.3 is 26.0 Å². The molecule has 0 radical (unpaired) electrons. The molecule has 40 heavy (non-hydrogen) atoms. The largest absolute Gasteiger partial charge is 0.416 e. The van der Waals surface area contributed by atoms with Gasteiger partial charge in [0.05, 0.1) is 30.1 Å². The number of piperazine rings is 1. The van der Waals surface area contributed by atoms with E-state index < -0.39 is 30.3 Å². The molecule has 8 nitrogen and oxygen atoms in total. The zero-order valence-electron chi connectivity index (χ0n) is 22.9. The summed E-state index contributed by atoms with van der Waals surface area (Å²) in [6.07, 6.45) is 9.38. The number of thioether (sulfide) groups is 1. The van der Waals surface area contributed by atoms with Crippen LogP contribution in [-0.2, 0) is 9.59 Å². The first-order chi connectivity index (χ1) is 19.1. The van der Waals surface area contributed by atoms with Gasteiger partial charge in [-0.25, -0.2) is 0 Å². The molecule has 3 rings (SSSR count). The Morgan fingerprint density at radius 1 is 1.12 bits per heavy atom. The van der Waals surface area contributed by atoms with E-state index in [9.17, 15) is 22.8 Å². The van der Waals surface area contributed by atoms with E-state index in [0.29, 0.717) is 25.3 Å². The fourth-order valence-electron chi connectivity index (χ4n) is 4.69. The first kappa shape index (κ1) is 31.7. The quantitative estimate of drug-likeness (QED) is 0.365. The molecule has 12 heteroatoms. The number of nitrogens with zero attached hydrogens (tertiary/aromatic N) is 3. The third-order valence-corrected chi connectivity index (χ3v) is 8.10. The second-order valence-corrected chi connectivity index (χ2v) is 10.7. The number of aliphatic hydroxyl groups is 1. The number of nitrogens with two attached hydrogens (primary N) is 1. The molecule has 0 aromatic carbocycles. The number of nitrogens with one attached hydrogen (secondary N) is 1. The molecule has 1 unspecified atom stereocenters. The molecule has 220 valence electrons. The Bertz CT molecular complexity index is 1120. The summed E-state index contributed by atoms with van der Waals surface area (Å²) >= 11 is 1.49. The molecule has 1 aliphatic carbocycles. The van der Waals surface area contributed by atoms with Crippen molar-refractivity contribution in [1.29, 1.82) is 0 Å². The highest BCUT2D eigenvalue weighted by Gasteiger charge is 2.34. The number of aliphatic hydroxyl groups excluding tert-OH is 1. The van der Waals surface area contributed by atoms with Gasteiger partial charge in [0, 0.05) is 42.5 Å². The van der Waals surface area contributed by atoms with Crippen molar-refractivity contribution in [2.75, 3.05) is 52.4 Å². The average Bonchev–Trinajstić information content (AvgIpc) is 3.16. The van der Waals surface area contributed by atoms with Crippen molar-refractivity contribution in [2.24, 2.45) is 5.73 Å². The van der Waals surface area contributed by atoms with Crippen LogP contribution in [0.2, 0.25) is 0 Å². The average molecular weight is 582 g/mol. The second kappa shape index (κ2) is 14.7. The van der Waals surface area contributed by atoms with E-state index >= 15 is 0 Å². The first-order valence-electron chi connectivity index (χ1n) is 13.4. The molecular weight excluding hydrogens is 543 g/mol. The monoisotopic (exact) mass is 581 g/mol. The SMILES string of the molecule is CC=C1SC2=C(C=CCC=C2)N(CCCN2CCN(CC(=O)NC(CO)C(N)=O)CC2)/C1=C/C(=C\C)C(F)(F)F. The van der Waals surface area contributed by atoms with E-state index in [4.69, 9.17) is 10.8 Å². The molecule has 4 N–H and O–H groups in total. The van der Waals surface area contributed by atoms with E-state index in [-0.39, 0.29) is 12.5 Å². The lowest BCUT2D eigenvalue weighted by atomic mass is 10.1. The van der Waals surface area contributed by atoms with Gasteiger partial charge in [-0.05, 0) is 51.5 Å². The van der Waals surface area contributed by atoms with Crippen LogP contribution in [0.4, 0.5) is 13.2 Å². The molecule has 2 amide bonds. The molecule has 1 fully saturated rings. The van der Waals surface area contributed by atoms with Gasteiger partial charge in [-0.3, -0.25) is 14.5 Å². The van der Waals surface area contributed by atoms with Crippen LogP contribution >= 0.6 is 11.8 Å². The number of carbonyl (C=O) groups is 2. The molecule has 2 heterocycles. The van der Waals surface area contributed by atoms with E-state index in [2.05, 4.69) is 16.3 Å². The Labute approximate surface area is 237 Å². The number of amides is 2. The predicted molar refractivity (Wildman–Crippen MR) is 152 cm³/mol. The second-order valence-electron chi connectivity index (χ2n) is 9.64. The number of rotatable bonds is 10. The van der Waals surface area contributed by atoms with Gasteiger partial charge in [-0.2, -0.15) is 13.2 Å². The maximum absolute atomic E-state index is 13.7. The highest BCUT2D eigenvalue weighted by molar-refractivity contribution is 8.07. The van der Waals surface area contributed by atoms with Crippen molar-refractivity contribution in [2.45, 2.75) is 38.9 Å². The summed E-state index contributed by atoms with van der Waals surface area (Å²) in [6.45, 7) is 6.89. The van der Waals surface area contributed by atoms with Crippen LogP contribution in [0.1, 0.15) is 26.7 Å². The highest BCUT2D eigenvalue weighted by atomic mass is 32.2. The lowest BCUT2D eigenvalue weighted by Gasteiger charge is -2.37. The summed E-state index contributed by atoms with van der Waals surface area (Å²) < 4.78 is 41.1. The van der Waals surface area contributed by atoms with Crippen LogP contribution in [0.25, 0.3) is 0 Å². The molecule has 3 aliphatic rings.